The zero-order valence-electron chi connectivity index (χ0n) is 8.45. The Labute approximate surface area is 86.6 Å². The van der Waals surface area contributed by atoms with Gasteiger partial charge in [0.15, 0.2) is 0 Å². The lowest BCUT2D eigenvalue weighted by Gasteiger charge is -2.07. The molecule has 0 fully saturated rings. The Hall–Kier alpha value is -1.39. The van der Waals surface area contributed by atoms with Gasteiger partial charge in [-0.25, -0.2) is 13.6 Å². The molecule has 1 rings (SSSR count). The highest BCUT2D eigenvalue weighted by molar-refractivity contribution is 5.87. The van der Waals surface area contributed by atoms with E-state index in [2.05, 4.69) is 0 Å². The van der Waals surface area contributed by atoms with Crippen molar-refractivity contribution in [3.8, 4) is 0 Å². The monoisotopic (exact) mass is 217 g/mol. The van der Waals surface area contributed by atoms with Crippen LogP contribution in [0.3, 0.4) is 0 Å². The third-order valence-electron chi connectivity index (χ3n) is 1.81. The van der Waals surface area contributed by atoms with Gasteiger partial charge in [0.25, 0.3) is 6.43 Å². The molecule has 0 aliphatic rings. The summed E-state index contributed by atoms with van der Waals surface area (Å²) in [4.78, 5) is 11.4. The van der Waals surface area contributed by atoms with Crippen LogP contribution in [-0.2, 0) is 11.3 Å². The second kappa shape index (κ2) is 5.48. The molecule has 1 heterocycles. The third kappa shape index (κ3) is 3.34. The molecular formula is C10H13F2NO2. The van der Waals surface area contributed by atoms with Gasteiger partial charge in [-0.05, 0) is 18.6 Å². The minimum Gasteiger partial charge on any atom is -0.461 e. The number of carbonyl (C=O) groups excluding carboxylic acids is 1. The number of ether oxygens (including phenoxy) is 1. The van der Waals surface area contributed by atoms with Crippen LogP contribution < -0.4 is 0 Å². The summed E-state index contributed by atoms with van der Waals surface area (Å²) in [6.45, 7) is 1.69. The number of carbonyl (C=O) groups is 1. The molecule has 1 aromatic rings. The number of hydrogen-bond donors (Lipinski definition) is 0. The molecule has 0 N–H and O–H groups in total. The van der Waals surface area contributed by atoms with Gasteiger partial charge in [-0.1, -0.05) is 6.92 Å². The van der Waals surface area contributed by atoms with E-state index < -0.39 is 18.9 Å². The summed E-state index contributed by atoms with van der Waals surface area (Å²) >= 11 is 0. The third-order valence-corrected chi connectivity index (χ3v) is 1.81. The predicted molar refractivity (Wildman–Crippen MR) is 51.0 cm³/mol. The highest BCUT2D eigenvalue weighted by Crippen LogP contribution is 2.08. The van der Waals surface area contributed by atoms with Gasteiger partial charge in [-0.3, -0.25) is 0 Å². The van der Waals surface area contributed by atoms with E-state index in [1.54, 1.807) is 6.07 Å². The van der Waals surface area contributed by atoms with Crippen molar-refractivity contribution < 1.29 is 18.3 Å². The summed E-state index contributed by atoms with van der Waals surface area (Å²) in [5.74, 6) is -0.553. The summed E-state index contributed by atoms with van der Waals surface area (Å²) in [6, 6.07) is 3.02. The smallest absolute Gasteiger partial charge is 0.354 e. The van der Waals surface area contributed by atoms with Crippen LogP contribution >= 0.6 is 0 Å². The summed E-state index contributed by atoms with van der Waals surface area (Å²) < 4.78 is 30.3. The van der Waals surface area contributed by atoms with Crippen LogP contribution in [-0.4, -0.2) is 23.6 Å². The Balaban J connectivity index is 2.67. The standard InChI is InChI=1S/C10H13F2NO2/c1-2-6-15-10(14)8-4-3-5-13(8)7-9(11)12/h3-5,9H,2,6-7H2,1H3. The Morgan fingerprint density at radius 1 is 1.60 bits per heavy atom. The van der Waals surface area contributed by atoms with Crippen LogP contribution in [0.4, 0.5) is 8.78 Å². The Morgan fingerprint density at radius 3 is 2.93 bits per heavy atom. The van der Waals surface area contributed by atoms with E-state index in [1.807, 2.05) is 6.92 Å². The molecular weight excluding hydrogens is 204 g/mol. The number of halogens is 2. The quantitative estimate of drug-likeness (QED) is 0.709. The zero-order chi connectivity index (χ0) is 11.3. The van der Waals surface area contributed by atoms with Gasteiger partial charge in [0.1, 0.15) is 5.69 Å². The lowest BCUT2D eigenvalue weighted by molar-refractivity contribution is 0.0485. The highest BCUT2D eigenvalue weighted by Gasteiger charge is 2.14. The van der Waals surface area contributed by atoms with Crippen LogP contribution in [0.15, 0.2) is 18.3 Å². The molecule has 1 aromatic heterocycles. The van der Waals surface area contributed by atoms with Crippen molar-refractivity contribution in [2.75, 3.05) is 6.61 Å². The van der Waals surface area contributed by atoms with Crippen LogP contribution in [0, 0.1) is 0 Å². The van der Waals surface area contributed by atoms with E-state index in [4.69, 9.17) is 4.74 Å². The summed E-state index contributed by atoms with van der Waals surface area (Å²) in [7, 11) is 0. The Morgan fingerprint density at radius 2 is 2.33 bits per heavy atom. The number of alkyl halides is 2. The highest BCUT2D eigenvalue weighted by atomic mass is 19.3. The Kier molecular flexibility index (Phi) is 4.27. The van der Waals surface area contributed by atoms with Gasteiger partial charge in [-0.15, -0.1) is 0 Å². The Bertz CT molecular complexity index is 323. The van der Waals surface area contributed by atoms with Crippen molar-refractivity contribution in [1.29, 1.82) is 0 Å². The first kappa shape index (κ1) is 11.7. The SMILES string of the molecule is CCCOC(=O)c1cccn1CC(F)F. The van der Waals surface area contributed by atoms with Crippen molar-refractivity contribution in [2.24, 2.45) is 0 Å². The molecule has 0 unspecified atom stereocenters. The largest absolute Gasteiger partial charge is 0.461 e. The molecule has 0 saturated carbocycles. The minimum atomic E-state index is -2.48. The molecule has 0 atom stereocenters. The summed E-state index contributed by atoms with van der Waals surface area (Å²) in [5, 5.41) is 0. The van der Waals surface area contributed by atoms with Crippen molar-refractivity contribution >= 4 is 5.97 Å². The zero-order valence-corrected chi connectivity index (χ0v) is 8.45. The molecule has 0 bridgehead atoms. The first-order valence-electron chi connectivity index (χ1n) is 4.75. The molecule has 0 saturated heterocycles. The average molecular weight is 217 g/mol. The van der Waals surface area contributed by atoms with Crippen LogP contribution in [0.25, 0.3) is 0 Å². The van der Waals surface area contributed by atoms with Gasteiger partial charge in [0, 0.05) is 6.20 Å². The van der Waals surface area contributed by atoms with Crippen LogP contribution in [0.2, 0.25) is 0 Å². The molecule has 3 nitrogen and oxygen atoms in total. The summed E-state index contributed by atoms with van der Waals surface area (Å²) in [5.41, 5.74) is 0.170. The number of rotatable bonds is 5. The first-order chi connectivity index (χ1) is 7.15. The predicted octanol–water partition coefficient (Wildman–Crippen LogP) is 2.32. The maximum absolute atomic E-state index is 12.1. The van der Waals surface area contributed by atoms with Gasteiger partial charge in [-0.2, -0.15) is 0 Å². The molecule has 15 heavy (non-hydrogen) atoms. The van der Waals surface area contributed by atoms with E-state index in [-0.39, 0.29) is 5.69 Å². The fourth-order valence-corrected chi connectivity index (χ4v) is 1.18. The van der Waals surface area contributed by atoms with Crippen molar-refractivity contribution in [3.05, 3.63) is 24.0 Å². The van der Waals surface area contributed by atoms with Gasteiger partial charge >= 0.3 is 5.97 Å². The van der Waals surface area contributed by atoms with Crippen LogP contribution in [0.5, 0.6) is 0 Å². The maximum Gasteiger partial charge on any atom is 0.354 e. The van der Waals surface area contributed by atoms with Crippen molar-refractivity contribution in [3.63, 3.8) is 0 Å². The van der Waals surface area contributed by atoms with Crippen LogP contribution in [0.1, 0.15) is 23.8 Å². The molecule has 0 aliphatic carbocycles. The van der Waals surface area contributed by atoms with E-state index >= 15 is 0 Å². The van der Waals surface area contributed by atoms with Gasteiger partial charge in [0.05, 0.1) is 13.2 Å². The van der Waals surface area contributed by atoms with Gasteiger partial charge < -0.3 is 9.30 Å². The molecule has 5 heteroatoms. The number of hydrogen-bond acceptors (Lipinski definition) is 2. The van der Waals surface area contributed by atoms with Crippen molar-refractivity contribution in [1.82, 2.24) is 4.57 Å². The van der Waals surface area contributed by atoms with Gasteiger partial charge in [0.2, 0.25) is 0 Å². The number of aromatic nitrogens is 1. The summed E-state index contributed by atoms with van der Waals surface area (Å²) in [6.07, 6.45) is -0.328. The second-order valence-electron chi connectivity index (χ2n) is 3.07. The van der Waals surface area contributed by atoms with E-state index in [0.717, 1.165) is 0 Å². The lowest BCUT2D eigenvalue weighted by Crippen LogP contribution is -2.15. The molecule has 0 amide bonds. The molecule has 0 radical (unpaired) electrons. The van der Waals surface area contributed by atoms with Crippen molar-refractivity contribution in [2.45, 2.75) is 26.3 Å². The maximum atomic E-state index is 12.1. The molecule has 0 aromatic carbocycles. The van der Waals surface area contributed by atoms with E-state index in [0.29, 0.717) is 13.0 Å². The number of nitrogens with zero attached hydrogens (tertiary/aromatic N) is 1. The number of esters is 1. The van der Waals surface area contributed by atoms with E-state index in [9.17, 15) is 13.6 Å². The fraction of sp³-hybridized carbons (Fsp3) is 0.500. The molecule has 0 spiro atoms. The second-order valence-corrected chi connectivity index (χ2v) is 3.07. The lowest BCUT2D eigenvalue weighted by atomic mass is 10.4. The average Bonchev–Trinajstić information content (AvgIpc) is 2.61. The van der Waals surface area contributed by atoms with E-state index in [1.165, 1.54) is 16.8 Å². The normalized spacial score (nSPS) is 10.7. The first-order valence-corrected chi connectivity index (χ1v) is 4.75. The topological polar surface area (TPSA) is 31.2 Å². The molecule has 0 aliphatic heterocycles. The fourth-order valence-electron chi connectivity index (χ4n) is 1.18. The molecule has 84 valence electrons. The minimum absolute atomic E-state index is 0.170.